The lowest BCUT2D eigenvalue weighted by molar-refractivity contribution is -0.137. The summed E-state index contributed by atoms with van der Waals surface area (Å²) in [5.74, 6) is 0.133. The average molecular weight is 488 g/mol. The van der Waals surface area contributed by atoms with Gasteiger partial charge in [-0.3, -0.25) is 14.5 Å². The Morgan fingerprint density at radius 2 is 1.82 bits per heavy atom. The normalized spacial score (nSPS) is 15.7. The molecule has 1 aliphatic heterocycles. The molecule has 0 saturated heterocycles. The van der Waals surface area contributed by atoms with Crippen molar-refractivity contribution in [3.8, 4) is 22.6 Å². The molecule has 0 radical (unpaired) electrons. The van der Waals surface area contributed by atoms with Crippen LogP contribution in [0.3, 0.4) is 0 Å². The van der Waals surface area contributed by atoms with Crippen LogP contribution in [0.4, 0.5) is 18.9 Å². The van der Waals surface area contributed by atoms with E-state index in [1.165, 1.54) is 17.0 Å². The van der Waals surface area contributed by atoms with Crippen LogP contribution in [-0.4, -0.2) is 32.4 Å². The summed E-state index contributed by atoms with van der Waals surface area (Å²) in [6.45, 7) is 4.09. The topological polar surface area (TPSA) is 77.1 Å². The summed E-state index contributed by atoms with van der Waals surface area (Å²) in [5, 5.41) is 8.49. The fraction of sp³-hybridized carbons (Fsp3) is 0.217. The molecule has 1 aromatic carbocycles. The van der Waals surface area contributed by atoms with E-state index < -0.39 is 11.7 Å². The van der Waals surface area contributed by atoms with E-state index >= 15 is 0 Å². The maximum Gasteiger partial charge on any atom is 0.416 e. The minimum absolute atomic E-state index is 0. The summed E-state index contributed by atoms with van der Waals surface area (Å²) in [5.41, 5.74) is 2.58. The number of anilines is 1. The molecule has 7 nitrogen and oxygen atoms in total. The van der Waals surface area contributed by atoms with Gasteiger partial charge in [0.05, 0.1) is 23.4 Å². The SMILES string of the molecule is Cc1ccncc1-c1cc(-c2cnn3c2C(=O)N(c2ccc(C(F)(F)F)cc2)C[C@@H]3C)no1.S. The minimum Gasteiger partial charge on any atom is -0.356 e. The highest BCUT2D eigenvalue weighted by Gasteiger charge is 2.35. The van der Waals surface area contributed by atoms with Crippen molar-refractivity contribution < 1.29 is 22.5 Å². The number of fused-ring (bicyclic) bond motifs is 1. The zero-order valence-corrected chi connectivity index (χ0v) is 19.2. The average Bonchev–Trinajstić information content (AvgIpc) is 3.44. The molecular weight excluding hydrogens is 467 g/mol. The van der Waals surface area contributed by atoms with Crippen LogP contribution in [0.15, 0.2) is 59.5 Å². The Labute approximate surface area is 199 Å². The Morgan fingerprint density at radius 3 is 2.50 bits per heavy atom. The second kappa shape index (κ2) is 8.64. The van der Waals surface area contributed by atoms with Crippen molar-refractivity contribution in [2.75, 3.05) is 11.4 Å². The maximum atomic E-state index is 13.4. The summed E-state index contributed by atoms with van der Waals surface area (Å²) in [6.07, 6.45) is 0.464. The van der Waals surface area contributed by atoms with Crippen molar-refractivity contribution in [3.63, 3.8) is 0 Å². The van der Waals surface area contributed by atoms with E-state index in [2.05, 4.69) is 15.2 Å². The van der Waals surface area contributed by atoms with Gasteiger partial charge in [-0.05, 0) is 49.7 Å². The van der Waals surface area contributed by atoms with Crippen LogP contribution in [0.1, 0.15) is 34.6 Å². The number of pyridine rings is 1. The monoisotopic (exact) mass is 487 g/mol. The van der Waals surface area contributed by atoms with Gasteiger partial charge in [0.1, 0.15) is 11.4 Å². The predicted octanol–water partition coefficient (Wildman–Crippen LogP) is 5.26. The van der Waals surface area contributed by atoms with E-state index in [1.807, 2.05) is 19.9 Å². The van der Waals surface area contributed by atoms with Gasteiger partial charge in [0.25, 0.3) is 5.91 Å². The standard InChI is InChI=1S/C23H18F3N5O2.H2S/c1-13-7-8-27-10-17(13)20-9-19(29-33-20)18-11-28-31-14(2)12-30(22(32)21(18)31)16-5-3-15(4-6-16)23(24,25)26;/h3-11,14H,12H2,1-2H3;1H2/t14-;/m0./s1. The molecule has 0 unspecified atom stereocenters. The molecule has 0 bridgehead atoms. The molecule has 0 saturated carbocycles. The van der Waals surface area contributed by atoms with Crippen LogP contribution in [0.25, 0.3) is 22.6 Å². The van der Waals surface area contributed by atoms with Crippen molar-refractivity contribution in [2.45, 2.75) is 26.1 Å². The van der Waals surface area contributed by atoms with Crippen LogP contribution in [0.5, 0.6) is 0 Å². The van der Waals surface area contributed by atoms with Crippen molar-refractivity contribution in [1.29, 1.82) is 0 Å². The fourth-order valence-electron chi connectivity index (χ4n) is 3.95. The molecule has 4 aromatic rings. The Hall–Kier alpha value is -3.60. The lowest BCUT2D eigenvalue weighted by Gasteiger charge is -2.32. The first-order chi connectivity index (χ1) is 15.7. The van der Waals surface area contributed by atoms with Crippen LogP contribution < -0.4 is 4.90 Å². The Kier molecular flexibility index (Phi) is 5.98. The molecule has 1 atom stereocenters. The molecule has 4 heterocycles. The summed E-state index contributed by atoms with van der Waals surface area (Å²) in [6, 6.07) is 7.93. The van der Waals surface area contributed by atoms with Gasteiger partial charge in [0.2, 0.25) is 0 Å². The largest absolute Gasteiger partial charge is 0.416 e. The number of aromatic nitrogens is 4. The van der Waals surface area contributed by atoms with E-state index in [0.717, 1.165) is 23.3 Å². The molecule has 5 rings (SSSR count). The van der Waals surface area contributed by atoms with Gasteiger partial charge in [-0.15, -0.1) is 0 Å². The van der Waals surface area contributed by atoms with Gasteiger partial charge in [-0.1, -0.05) is 5.16 Å². The molecule has 0 N–H and O–H groups in total. The minimum atomic E-state index is -4.44. The number of carbonyl (C=O) groups is 1. The first kappa shape index (κ1) is 23.6. The molecule has 11 heteroatoms. The Bertz CT molecular complexity index is 1350. The number of halogens is 3. The first-order valence-electron chi connectivity index (χ1n) is 10.2. The third kappa shape index (κ3) is 3.96. The third-order valence-corrected chi connectivity index (χ3v) is 5.70. The van der Waals surface area contributed by atoms with Gasteiger partial charge < -0.3 is 9.42 Å². The molecule has 176 valence electrons. The zero-order chi connectivity index (χ0) is 23.3. The quantitative estimate of drug-likeness (QED) is 0.394. The Balaban J connectivity index is 0.00000274. The number of rotatable bonds is 3. The van der Waals surface area contributed by atoms with Crippen molar-refractivity contribution in [2.24, 2.45) is 0 Å². The number of hydrogen-bond donors (Lipinski definition) is 0. The molecule has 1 aliphatic rings. The van der Waals surface area contributed by atoms with Gasteiger partial charge in [-0.25, -0.2) is 0 Å². The van der Waals surface area contributed by atoms with E-state index in [1.54, 1.807) is 29.3 Å². The van der Waals surface area contributed by atoms with Gasteiger partial charge >= 0.3 is 6.18 Å². The number of hydrogen-bond acceptors (Lipinski definition) is 5. The van der Waals surface area contributed by atoms with E-state index in [4.69, 9.17) is 4.52 Å². The summed E-state index contributed by atoms with van der Waals surface area (Å²) in [4.78, 5) is 19.0. The molecular formula is C23H20F3N5O2S. The van der Waals surface area contributed by atoms with Gasteiger partial charge in [-0.2, -0.15) is 31.8 Å². The van der Waals surface area contributed by atoms with Crippen LogP contribution >= 0.6 is 13.5 Å². The smallest absolute Gasteiger partial charge is 0.356 e. The fourth-order valence-corrected chi connectivity index (χ4v) is 3.95. The molecule has 0 spiro atoms. The molecule has 0 fully saturated rings. The second-order valence-electron chi connectivity index (χ2n) is 7.93. The van der Waals surface area contributed by atoms with E-state index in [9.17, 15) is 18.0 Å². The summed E-state index contributed by atoms with van der Waals surface area (Å²) >= 11 is 0. The number of carbonyl (C=O) groups excluding carboxylic acids is 1. The number of amides is 1. The first-order valence-corrected chi connectivity index (χ1v) is 10.2. The highest BCUT2D eigenvalue weighted by molar-refractivity contribution is 7.59. The van der Waals surface area contributed by atoms with Crippen LogP contribution in [-0.2, 0) is 6.18 Å². The van der Waals surface area contributed by atoms with Crippen molar-refractivity contribution >= 4 is 25.1 Å². The third-order valence-electron chi connectivity index (χ3n) is 5.70. The zero-order valence-electron chi connectivity index (χ0n) is 18.2. The lowest BCUT2D eigenvalue weighted by atomic mass is 10.1. The number of aryl methyl sites for hydroxylation is 1. The second-order valence-corrected chi connectivity index (χ2v) is 7.93. The van der Waals surface area contributed by atoms with Crippen molar-refractivity contribution in [1.82, 2.24) is 19.9 Å². The summed E-state index contributed by atoms with van der Waals surface area (Å²) < 4.78 is 45.9. The lowest BCUT2D eigenvalue weighted by Crippen LogP contribution is -2.42. The molecule has 34 heavy (non-hydrogen) atoms. The van der Waals surface area contributed by atoms with Crippen molar-refractivity contribution in [3.05, 3.63) is 71.8 Å². The maximum absolute atomic E-state index is 13.4. The highest BCUT2D eigenvalue weighted by Crippen LogP contribution is 2.35. The van der Waals surface area contributed by atoms with E-state index in [0.29, 0.717) is 28.4 Å². The molecule has 0 aliphatic carbocycles. The predicted molar refractivity (Wildman–Crippen MR) is 124 cm³/mol. The Morgan fingerprint density at radius 1 is 1.09 bits per heavy atom. The van der Waals surface area contributed by atoms with Gasteiger partial charge in [0, 0.05) is 36.3 Å². The summed E-state index contributed by atoms with van der Waals surface area (Å²) in [7, 11) is 0. The molecule has 3 aromatic heterocycles. The van der Waals surface area contributed by atoms with Gasteiger partial charge in [0.15, 0.2) is 5.76 Å². The van der Waals surface area contributed by atoms with Crippen LogP contribution in [0.2, 0.25) is 0 Å². The molecule has 1 amide bonds. The number of benzene rings is 1. The van der Waals surface area contributed by atoms with Crippen LogP contribution in [0, 0.1) is 6.92 Å². The number of nitrogens with zero attached hydrogens (tertiary/aromatic N) is 5. The highest BCUT2D eigenvalue weighted by atomic mass is 32.1. The van der Waals surface area contributed by atoms with E-state index in [-0.39, 0.29) is 32.0 Å². The number of alkyl halides is 3.